The van der Waals surface area contributed by atoms with Crippen molar-refractivity contribution in [2.45, 2.75) is 46.5 Å². The molecule has 0 amide bonds. The number of hydrogen-bond donors (Lipinski definition) is 0. The number of ketones is 2. The Morgan fingerprint density at radius 3 is 2.25 bits per heavy atom. The lowest BCUT2D eigenvalue weighted by Gasteiger charge is -2.52. The summed E-state index contributed by atoms with van der Waals surface area (Å²) in [5.74, 6) is 4.74. The van der Waals surface area contributed by atoms with E-state index in [0.717, 1.165) is 95.6 Å². The molecule has 8 rings (SSSR count). The highest BCUT2D eigenvalue weighted by Crippen LogP contribution is 2.65. The Hall–Kier alpha value is -3.08. The average molecular weight is 657 g/mol. The van der Waals surface area contributed by atoms with E-state index in [1.165, 1.54) is 11.1 Å². The molecule has 0 unspecified atom stereocenters. The van der Waals surface area contributed by atoms with Crippen LogP contribution in [0.5, 0.6) is 0 Å². The van der Waals surface area contributed by atoms with E-state index in [9.17, 15) is 9.59 Å². The molecule has 258 valence electrons. The fourth-order valence-electron chi connectivity index (χ4n) is 10.5. The Balaban J connectivity index is 0.946. The van der Waals surface area contributed by atoms with Gasteiger partial charge in [0.2, 0.25) is 5.95 Å². The molecule has 10 heteroatoms. The van der Waals surface area contributed by atoms with Crippen LogP contribution in [0.25, 0.3) is 0 Å². The minimum absolute atomic E-state index is 0.00892. The number of carbonyl (C=O) groups excluding carboxylic acids is 2. The maximum atomic E-state index is 14.3. The van der Waals surface area contributed by atoms with Gasteiger partial charge in [0.25, 0.3) is 0 Å². The van der Waals surface area contributed by atoms with Gasteiger partial charge >= 0.3 is 0 Å². The van der Waals surface area contributed by atoms with Crippen LogP contribution in [-0.4, -0.2) is 112 Å². The molecule has 48 heavy (non-hydrogen) atoms. The van der Waals surface area contributed by atoms with Crippen LogP contribution in [0.3, 0.4) is 0 Å². The van der Waals surface area contributed by atoms with E-state index < -0.39 is 0 Å². The number of hydrogen-bond acceptors (Lipinski definition) is 10. The number of morpholine rings is 2. The van der Waals surface area contributed by atoms with Crippen LogP contribution in [0.15, 0.2) is 41.5 Å². The molecule has 3 aliphatic heterocycles. The summed E-state index contributed by atoms with van der Waals surface area (Å²) in [6.07, 6.45) is 12.4. The van der Waals surface area contributed by atoms with Crippen LogP contribution in [0.2, 0.25) is 0 Å². The predicted octanol–water partition coefficient (Wildman–Crippen LogP) is 3.93. The fourth-order valence-corrected chi connectivity index (χ4v) is 10.5. The summed E-state index contributed by atoms with van der Waals surface area (Å²) < 4.78 is 11.2. The number of Topliss-reactive ketones (excluding diaryl/α,β-unsaturated/α-hetero) is 1. The number of anilines is 3. The maximum Gasteiger partial charge on any atom is 0.229 e. The second-order valence-corrected chi connectivity index (χ2v) is 15.7. The van der Waals surface area contributed by atoms with Crippen LogP contribution in [0, 0.1) is 34.5 Å². The minimum atomic E-state index is -0.140. The van der Waals surface area contributed by atoms with Gasteiger partial charge in [-0.05, 0) is 67.9 Å². The second-order valence-electron chi connectivity index (χ2n) is 15.7. The average Bonchev–Trinajstić information content (AvgIpc) is 3.39. The van der Waals surface area contributed by atoms with Gasteiger partial charge in [-0.15, -0.1) is 0 Å². The zero-order valence-corrected chi connectivity index (χ0v) is 29.0. The first-order valence-electron chi connectivity index (χ1n) is 18.4. The number of nitrogens with zero attached hydrogens (tertiary/aromatic N) is 6. The standard InChI is InChI=1S/C38H52N6O4/c1-26-22-31-29-5-4-27-23-28(45)6-8-37(27,2)30(29)7-9-38(31,3)35(26)32(46)25-41-10-12-42(13-11-41)33-24-34(43-14-18-47-19-15-43)40-36(39-33)44-16-20-48-21-17-44/h6-8,23-24,26,29,31,35H,4-5,9-22,25H2,1-3H3/t26-,29-,31+,35-,37+,38+/m1/s1. The summed E-state index contributed by atoms with van der Waals surface area (Å²) in [4.78, 5) is 45.8. The molecule has 1 aromatic heterocycles. The summed E-state index contributed by atoms with van der Waals surface area (Å²) in [5.41, 5.74) is 2.63. The molecule has 0 spiro atoms. The summed E-state index contributed by atoms with van der Waals surface area (Å²) in [5, 5.41) is 0. The molecule has 0 aromatic carbocycles. The molecular weight excluding hydrogens is 604 g/mol. The molecule has 0 bridgehead atoms. The van der Waals surface area contributed by atoms with Crippen molar-refractivity contribution in [3.8, 4) is 0 Å². The predicted molar refractivity (Wildman–Crippen MR) is 186 cm³/mol. The smallest absolute Gasteiger partial charge is 0.229 e. The van der Waals surface area contributed by atoms with E-state index >= 15 is 0 Å². The molecule has 3 saturated heterocycles. The van der Waals surface area contributed by atoms with E-state index in [4.69, 9.17) is 19.4 Å². The molecule has 2 saturated carbocycles. The van der Waals surface area contributed by atoms with Gasteiger partial charge in [-0.1, -0.05) is 37.1 Å². The van der Waals surface area contributed by atoms with Crippen molar-refractivity contribution in [1.82, 2.24) is 14.9 Å². The van der Waals surface area contributed by atoms with Gasteiger partial charge in [0, 0.05) is 69.8 Å². The normalized spacial score (nSPS) is 35.5. The van der Waals surface area contributed by atoms with Crippen molar-refractivity contribution in [3.05, 3.63) is 41.5 Å². The molecule has 6 atom stereocenters. The van der Waals surface area contributed by atoms with Gasteiger partial charge in [-0.25, -0.2) is 0 Å². The number of piperazine rings is 1. The first-order chi connectivity index (χ1) is 23.2. The van der Waals surface area contributed by atoms with Crippen molar-refractivity contribution in [1.29, 1.82) is 0 Å². The molecule has 4 aliphatic carbocycles. The first-order valence-corrected chi connectivity index (χ1v) is 18.4. The van der Waals surface area contributed by atoms with Gasteiger partial charge in [0.05, 0.1) is 33.0 Å². The number of fused-ring (bicyclic) bond motifs is 5. The molecular formula is C38H52N6O4. The summed E-state index contributed by atoms with van der Waals surface area (Å²) in [6.45, 7) is 17.0. The summed E-state index contributed by atoms with van der Waals surface area (Å²) in [6, 6.07) is 2.15. The number of aromatic nitrogens is 2. The van der Waals surface area contributed by atoms with Crippen LogP contribution < -0.4 is 14.7 Å². The second kappa shape index (κ2) is 12.7. The molecule has 5 fully saturated rings. The van der Waals surface area contributed by atoms with Gasteiger partial charge < -0.3 is 24.2 Å². The SMILES string of the molecule is C[C@@H]1C[C@H]2[C@@H]3CCC4=CC(=O)C=C[C@]4(C)C3=CC[C@]2(C)[C@H]1C(=O)CN1CCN(c2cc(N3CCOCC3)nc(N3CCOCC3)n2)CC1. The zero-order valence-electron chi connectivity index (χ0n) is 29.0. The van der Waals surface area contributed by atoms with Crippen molar-refractivity contribution in [3.63, 3.8) is 0 Å². The lowest BCUT2D eigenvalue weighted by atomic mass is 9.52. The highest BCUT2D eigenvalue weighted by atomic mass is 16.5. The Kier molecular flexibility index (Phi) is 8.48. The zero-order chi connectivity index (χ0) is 33.0. The van der Waals surface area contributed by atoms with E-state index in [2.05, 4.69) is 58.6 Å². The monoisotopic (exact) mass is 656 g/mol. The Morgan fingerprint density at radius 2 is 1.56 bits per heavy atom. The molecule has 7 aliphatic rings. The number of carbonyl (C=O) groups is 2. The van der Waals surface area contributed by atoms with Crippen LogP contribution in [-0.2, 0) is 19.1 Å². The van der Waals surface area contributed by atoms with E-state index in [0.29, 0.717) is 56.5 Å². The third-order valence-electron chi connectivity index (χ3n) is 13.0. The third kappa shape index (κ3) is 5.61. The molecule has 4 heterocycles. The van der Waals surface area contributed by atoms with Crippen LogP contribution >= 0.6 is 0 Å². The largest absolute Gasteiger partial charge is 0.378 e. The topological polar surface area (TPSA) is 91.3 Å². The summed E-state index contributed by atoms with van der Waals surface area (Å²) >= 11 is 0. The van der Waals surface area contributed by atoms with E-state index in [1.54, 1.807) is 6.08 Å². The lowest BCUT2D eigenvalue weighted by molar-refractivity contribution is -0.129. The van der Waals surface area contributed by atoms with E-state index in [1.807, 2.05) is 6.08 Å². The highest BCUT2D eigenvalue weighted by molar-refractivity contribution is 6.01. The molecule has 0 N–H and O–H groups in total. The molecule has 0 radical (unpaired) electrons. The summed E-state index contributed by atoms with van der Waals surface area (Å²) in [7, 11) is 0. The maximum absolute atomic E-state index is 14.3. The molecule has 10 nitrogen and oxygen atoms in total. The van der Waals surface area contributed by atoms with Gasteiger partial charge in [-0.3, -0.25) is 14.5 Å². The van der Waals surface area contributed by atoms with E-state index in [-0.39, 0.29) is 22.5 Å². The van der Waals surface area contributed by atoms with Gasteiger partial charge in [0.1, 0.15) is 11.6 Å². The van der Waals surface area contributed by atoms with Gasteiger partial charge in [0.15, 0.2) is 11.6 Å². The number of rotatable bonds is 6. The van der Waals surface area contributed by atoms with Crippen molar-refractivity contribution in [2.24, 2.45) is 34.5 Å². The van der Waals surface area contributed by atoms with Crippen molar-refractivity contribution >= 4 is 29.2 Å². The van der Waals surface area contributed by atoms with Crippen molar-refractivity contribution in [2.75, 3.05) is 100 Å². The quantitative estimate of drug-likeness (QED) is 0.420. The van der Waals surface area contributed by atoms with Gasteiger partial charge in [-0.2, -0.15) is 9.97 Å². The number of allylic oxidation sites excluding steroid dienone is 6. The Morgan fingerprint density at radius 1 is 0.917 bits per heavy atom. The highest BCUT2D eigenvalue weighted by Gasteiger charge is 2.59. The molecule has 1 aromatic rings. The van der Waals surface area contributed by atoms with Crippen LogP contribution in [0.1, 0.15) is 46.5 Å². The first kappa shape index (κ1) is 32.1. The third-order valence-corrected chi connectivity index (χ3v) is 13.0. The minimum Gasteiger partial charge on any atom is -0.378 e. The van der Waals surface area contributed by atoms with Crippen molar-refractivity contribution < 1.29 is 19.1 Å². The lowest BCUT2D eigenvalue weighted by Crippen LogP contribution is -2.51. The Bertz CT molecular complexity index is 1480. The van der Waals surface area contributed by atoms with Crippen LogP contribution in [0.4, 0.5) is 17.6 Å². The fraction of sp³-hybridized carbons (Fsp3) is 0.684. The number of ether oxygens (including phenoxy) is 2. The Labute approximate surface area is 285 Å².